The molecule has 1 fully saturated rings. The average molecular weight is 339 g/mol. The SMILES string of the molecule is CC(C)c1noc(C[C@]2(O)CCC[C@@H](NC(=O)OC(C)(C)C)C2)n1. The molecule has 2 N–H and O–H groups in total. The van der Waals surface area contributed by atoms with E-state index in [-0.39, 0.29) is 12.0 Å². The van der Waals surface area contributed by atoms with E-state index < -0.39 is 17.3 Å². The quantitative estimate of drug-likeness (QED) is 0.875. The van der Waals surface area contributed by atoms with Crippen molar-refractivity contribution >= 4 is 6.09 Å². The third-order valence-electron chi connectivity index (χ3n) is 4.02. The number of alkyl carbamates (subject to hydrolysis) is 1. The molecule has 1 saturated carbocycles. The number of hydrogen-bond acceptors (Lipinski definition) is 6. The molecule has 24 heavy (non-hydrogen) atoms. The smallest absolute Gasteiger partial charge is 0.407 e. The number of aliphatic hydroxyl groups is 1. The van der Waals surface area contributed by atoms with Gasteiger partial charge in [0.2, 0.25) is 5.89 Å². The number of aromatic nitrogens is 2. The van der Waals surface area contributed by atoms with Gasteiger partial charge in [0.25, 0.3) is 0 Å². The van der Waals surface area contributed by atoms with Crippen LogP contribution in [0.15, 0.2) is 4.52 Å². The maximum absolute atomic E-state index is 11.9. The minimum absolute atomic E-state index is 0.119. The van der Waals surface area contributed by atoms with Gasteiger partial charge in [0.05, 0.1) is 12.0 Å². The Balaban J connectivity index is 1.94. The molecular formula is C17H29N3O4. The Bertz CT molecular complexity index is 564. The second-order valence-electron chi connectivity index (χ2n) is 8.04. The third kappa shape index (κ3) is 5.47. The summed E-state index contributed by atoms with van der Waals surface area (Å²) in [6.07, 6.45) is 2.60. The van der Waals surface area contributed by atoms with Gasteiger partial charge in [-0.25, -0.2) is 4.79 Å². The molecule has 0 aromatic carbocycles. The van der Waals surface area contributed by atoms with Crippen molar-refractivity contribution in [2.75, 3.05) is 0 Å². The summed E-state index contributed by atoms with van der Waals surface area (Å²) in [5.74, 6) is 1.28. The van der Waals surface area contributed by atoms with Crippen molar-refractivity contribution in [3.05, 3.63) is 11.7 Å². The third-order valence-corrected chi connectivity index (χ3v) is 4.02. The Morgan fingerprint density at radius 1 is 1.50 bits per heavy atom. The molecule has 1 amide bonds. The van der Waals surface area contributed by atoms with Crippen molar-refractivity contribution < 1.29 is 19.2 Å². The van der Waals surface area contributed by atoms with Crippen LogP contribution in [0.2, 0.25) is 0 Å². The van der Waals surface area contributed by atoms with Crippen LogP contribution >= 0.6 is 0 Å². The lowest BCUT2D eigenvalue weighted by Crippen LogP contribution is -2.48. The van der Waals surface area contributed by atoms with E-state index >= 15 is 0 Å². The summed E-state index contributed by atoms with van der Waals surface area (Å²) in [6.45, 7) is 9.46. The van der Waals surface area contributed by atoms with Gasteiger partial charge in [-0.05, 0) is 46.5 Å². The summed E-state index contributed by atoms with van der Waals surface area (Å²) >= 11 is 0. The van der Waals surface area contributed by atoms with Crippen molar-refractivity contribution in [3.63, 3.8) is 0 Å². The molecule has 136 valence electrons. The highest BCUT2D eigenvalue weighted by atomic mass is 16.6. The van der Waals surface area contributed by atoms with Gasteiger partial charge in [-0.3, -0.25) is 0 Å². The number of carbonyl (C=O) groups excluding carboxylic acids is 1. The van der Waals surface area contributed by atoms with Gasteiger partial charge in [-0.2, -0.15) is 4.98 Å². The number of nitrogens with one attached hydrogen (secondary N) is 1. The number of rotatable bonds is 4. The molecule has 7 heteroatoms. The number of hydrogen-bond donors (Lipinski definition) is 2. The first-order chi connectivity index (χ1) is 11.1. The predicted octanol–water partition coefficient (Wildman–Crippen LogP) is 2.93. The lowest BCUT2D eigenvalue weighted by Gasteiger charge is -2.36. The van der Waals surface area contributed by atoms with Crippen molar-refractivity contribution in [3.8, 4) is 0 Å². The normalized spacial score (nSPS) is 24.9. The molecule has 1 aliphatic rings. The fourth-order valence-corrected chi connectivity index (χ4v) is 2.95. The van der Waals surface area contributed by atoms with Crippen LogP contribution < -0.4 is 5.32 Å². The van der Waals surface area contributed by atoms with Gasteiger partial charge in [0, 0.05) is 12.0 Å². The van der Waals surface area contributed by atoms with E-state index in [4.69, 9.17) is 9.26 Å². The zero-order valence-corrected chi connectivity index (χ0v) is 15.3. The average Bonchev–Trinajstić information content (AvgIpc) is 2.84. The Hall–Kier alpha value is -1.63. The zero-order valence-electron chi connectivity index (χ0n) is 15.3. The standard InChI is InChI=1S/C17H29N3O4/c1-11(2)14-19-13(24-20-14)10-17(22)8-6-7-12(9-17)18-15(21)23-16(3,4)5/h11-12,22H,6-10H2,1-5H3,(H,18,21)/t12-,17+/m1/s1. The first kappa shape index (κ1) is 18.7. The van der Waals surface area contributed by atoms with E-state index in [9.17, 15) is 9.90 Å². The van der Waals surface area contributed by atoms with Crippen LogP contribution in [0, 0.1) is 0 Å². The Kier molecular flexibility index (Phi) is 5.52. The minimum Gasteiger partial charge on any atom is -0.444 e. The highest BCUT2D eigenvalue weighted by Crippen LogP contribution is 2.31. The molecule has 2 rings (SSSR count). The largest absolute Gasteiger partial charge is 0.444 e. The number of amides is 1. The molecule has 2 atom stereocenters. The van der Waals surface area contributed by atoms with Crippen molar-refractivity contribution in [1.29, 1.82) is 0 Å². The van der Waals surface area contributed by atoms with E-state index in [2.05, 4.69) is 15.5 Å². The molecule has 0 unspecified atom stereocenters. The lowest BCUT2D eigenvalue weighted by atomic mass is 9.79. The van der Waals surface area contributed by atoms with Crippen molar-refractivity contribution in [2.45, 2.75) is 89.9 Å². The van der Waals surface area contributed by atoms with Crippen LogP contribution in [0.4, 0.5) is 4.79 Å². The van der Waals surface area contributed by atoms with Crippen LogP contribution in [0.1, 0.15) is 77.9 Å². The highest BCUT2D eigenvalue weighted by Gasteiger charge is 2.37. The van der Waals surface area contributed by atoms with E-state index in [1.165, 1.54) is 0 Å². The monoisotopic (exact) mass is 339 g/mol. The summed E-state index contributed by atoms with van der Waals surface area (Å²) < 4.78 is 10.5. The molecule has 1 heterocycles. The van der Waals surface area contributed by atoms with Crippen LogP contribution in [-0.4, -0.2) is 38.6 Å². The van der Waals surface area contributed by atoms with Gasteiger partial charge < -0.3 is 19.7 Å². The van der Waals surface area contributed by atoms with E-state index in [0.717, 1.165) is 12.8 Å². The molecule has 1 aliphatic carbocycles. The Labute approximate surface area is 143 Å². The number of ether oxygens (including phenoxy) is 1. The molecule has 1 aromatic heterocycles. The van der Waals surface area contributed by atoms with Gasteiger partial charge in [-0.15, -0.1) is 0 Å². The second kappa shape index (κ2) is 7.09. The fraction of sp³-hybridized carbons (Fsp3) is 0.824. The van der Waals surface area contributed by atoms with Gasteiger partial charge in [0.1, 0.15) is 5.60 Å². The number of nitrogens with zero attached hydrogens (tertiary/aromatic N) is 2. The molecule has 1 aromatic rings. The van der Waals surface area contributed by atoms with Gasteiger partial charge in [-0.1, -0.05) is 19.0 Å². The van der Waals surface area contributed by atoms with Crippen molar-refractivity contribution in [2.24, 2.45) is 0 Å². The summed E-state index contributed by atoms with van der Waals surface area (Å²) in [7, 11) is 0. The van der Waals surface area contributed by atoms with Crippen LogP contribution in [0.25, 0.3) is 0 Å². The highest BCUT2D eigenvalue weighted by molar-refractivity contribution is 5.68. The summed E-state index contributed by atoms with van der Waals surface area (Å²) in [6, 6.07) is -0.119. The van der Waals surface area contributed by atoms with E-state index in [0.29, 0.717) is 31.0 Å². The molecule has 7 nitrogen and oxygen atoms in total. The minimum atomic E-state index is -0.946. The van der Waals surface area contributed by atoms with Crippen LogP contribution in [0.5, 0.6) is 0 Å². The topological polar surface area (TPSA) is 97.5 Å². The molecule has 0 aliphatic heterocycles. The van der Waals surface area contributed by atoms with Crippen molar-refractivity contribution in [1.82, 2.24) is 15.5 Å². The summed E-state index contributed by atoms with van der Waals surface area (Å²) in [5.41, 5.74) is -1.48. The molecule has 0 spiro atoms. The first-order valence-corrected chi connectivity index (χ1v) is 8.61. The zero-order chi connectivity index (χ0) is 18.0. The molecular weight excluding hydrogens is 310 g/mol. The molecule has 0 radical (unpaired) electrons. The first-order valence-electron chi connectivity index (χ1n) is 8.61. The van der Waals surface area contributed by atoms with Gasteiger partial charge >= 0.3 is 6.09 Å². The maximum Gasteiger partial charge on any atom is 0.407 e. The summed E-state index contributed by atoms with van der Waals surface area (Å²) in [4.78, 5) is 16.3. The summed E-state index contributed by atoms with van der Waals surface area (Å²) in [5, 5.41) is 17.7. The predicted molar refractivity (Wildman–Crippen MR) is 88.7 cm³/mol. The molecule has 0 bridgehead atoms. The Morgan fingerprint density at radius 3 is 2.79 bits per heavy atom. The Morgan fingerprint density at radius 2 is 2.21 bits per heavy atom. The van der Waals surface area contributed by atoms with Crippen LogP contribution in [-0.2, 0) is 11.2 Å². The van der Waals surface area contributed by atoms with E-state index in [1.807, 2.05) is 34.6 Å². The van der Waals surface area contributed by atoms with Crippen LogP contribution in [0.3, 0.4) is 0 Å². The fourth-order valence-electron chi connectivity index (χ4n) is 2.95. The molecule has 0 saturated heterocycles. The second-order valence-corrected chi connectivity index (χ2v) is 8.04. The van der Waals surface area contributed by atoms with Gasteiger partial charge in [0.15, 0.2) is 5.82 Å². The van der Waals surface area contributed by atoms with E-state index in [1.54, 1.807) is 0 Å². The maximum atomic E-state index is 11.9. The number of carbonyl (C=O) groups is 1. The lowest BCUT2D eigenvalue weighted by molar-refractivity contribution is -0.0149.